The number of carboxylic acids is 2. The van der Waals surface area contributed by atoms with Crippen molar-refractivity contribution in [3.8, 4) is 0 Å². The van der Waals surface area contributed by atoms with Crippen LogP contribution in [-0.4, -0.2) is 212 Å². The van der Waals surface area contributed by atoms with E-state index in [0.717, 1.165) is 25.4 Å². The number of carbonyl (C=O) groups excluding carboxylic acids is 7. The molecule has 0 saturated carbocycles. The van der Waals surface area contributed by atoms with Gasteiger partial charge in [-0.1, -0.05) is 0 Å². The number of carboxylic acid groups (broad SMARTS) is 2. The van der Waals surface area contributed by atoms with E-state index in [0.29, 0.717) is 65.6 Å². The SMILES string of the molecule is COCCOCNC(=O)CN.COCCOCNC(=O)CNC(=O)CCC(NN1CCC[C@H]1C=O)C(=O)NCC(=O)NCOCCOC.O=C[C@@H]1CCCN1NC(CCC(=O)O)C(=O)O. The van der Waals surface area contributed by atoms with Crippen LogP contribution in [0.3, 0.4) is 0 Å². The molecule has 0 spiro atoms. The van der Waals surface area contributed by atoms with Crippen LogP contribution in [0.5, 0.6) is 0 Å². The first-order chi connectivity index (χ1) is 31.3. The molecular weight excluding hydrogens is 868 g/mol. The summed E-state index contributed by atoms with van der Waals surface area (Å²) in [6.07, 6.45) is 4.30. The molecular formula is C38H70N10O17. The van der Waals surface area contributed by atoms with Crippen LogP contribution in [0.4, 0.5) is 0 Å². The van der Waals surface area contributed by atoms with Crippen molar-refractivity contribution in [3.63, 3.8) is 0 Å². The van der Waals surface area contributed by atoms with Crippen molar-refractivity contribution in [1.29, 1.82) is 0 Å². The smallest absolute Gasteiger partial charge is 0.322 e. The van der Waals surface area contributed by atoms with Gasteiger partial charge in [-0.15, -0.1) is 0 Å². The van der Waals surface area contributed by atoms with Gasteiger partial charge in [-0.05, 0) is 38.5 Å². The van der Waals surface area contributed by atoms with Crippen molar-refractivity contribution < 1.29 is 81.8 Å². The predicted molar refractivity (Wildman–Crippen MR) is 227 cm³/mol. The maximum atomic E-state index is 12.8. The summed E-state index contributed by atoms with van der Waals surface area (Å²) < 4.78 is 29.6. The van der Waals surface area contributed by atoms with Gasteiger partial charge in [0.05, 0.1) is 71.4 Å². The van der Waals surface area contributed by atoms with Crippen LogP contribution in [0, 0.1) is 0 Å². The molecule has 0 aromatic rings. The molecule has 4 atom stereocenters. The number of hydrogen-bond acceptors (Lipinski definition) is 20. The average Bonchev–Trinajstić information content (AvgIpc) is 3.96. The van der Waals surface area contributed by atoms with Crippen LogP contribution in [0.15, 0.2) is 0 Å². The van der Waals surface area contributed by atoms with Crippen LogP contribution in [-0.2, 0) is 71.6 Å². The van der Waals surface area contributed by atoms with Gasteiger partial charge in [-0.25, -0.2) is 20.9 Å². The molecule has 11 N–H and O–H groups in total. The largest absolute Gasteiger partial charge is 0.481 e. The number of methoxy groups -OCH3 is 3. The summed E-state index contributed by atoms with van der Waals surface area (Å²) in [6, 6.07) is -2.54. The lowest BCUT2D eigenvalue weighted by Gasteiger charge is -2.27. The summed E-state index contributed by atoms with van der Waals surface area (Å²) in [6.45, 7) is 3.20. The Labute approximate surface area is 378 Å². The highest BCUT2D eigenvalue weighted by molar-refractivity contribution is 5.88. The van der Waals surface area contributed by atoms with E-state index in [9.17, 15) is 43.2 Å². The van der Waals surface area contributed by atoms with Crippen molar-refractivity contribution in [2.75, 3.05) is 114 Å². The highest BCUT2D eigenvalue weighted by atomic mass is 16.5. The minimum Gasteiger partial charge on any atom is -0.481 e. The van der Waals surface area contributed by atoms with E-state index in [1.165, 1.54) is 14.2 Å². The Hall–Kier alpha value is -4.81. The monoisotopic (exact) mass is 938 g/mol. The molecule has 374 valence electrons. The van der Waals surface area contributed by atoms with Crippen LogP contribution >= 0.6 is 0 Å². The summed E-state index contributed by atoms with van der Waals surface area (Å²) >= 11 is 0. The fourth-order valence-electron chi connectivity index (χ4n) is 5.42. The molecule has 2 fully saturated rings. The van der Waals surface area contributed by atoms with Crippen LogP contribution in [0.2, 0.25) is 0 Å². The summed E-state index contributed by atoms with van der Waals surface area (Å²) in [5, 5.41) is 33.1. The molecule has 0 aromatic carbocycles. The number of nitrogens with two attached hydrogens (primary N) is 1. The minimum absolute atomic E-state index is 0.00631. The summed E-state index contributed by atoms with van der Waals surface area (Å²) in [5.41, 5.74) is 10.7. The second kappa shape index (κ2) is 39.5. The van der Waals surface area contributed by atoms with Gasteiger partial charge in [0.2, 0.25) is 29.5 Å². The summed E-state index contributed by atoms with van der Waals surface area (Å²) in [7, 11) is 4.65. The molecule has 27 nitrogen and oxygen atoms in total. The second-order valence-electron chi connectivity index (χ2n) is 13.9. The van der Waals surface area contributed by atoms with E-state index in [4.69, 9.17) is 44.4 Å². The number of hydrazine groups is 2. The van der Waals surface area contributed by atoms with Gasteiger partial charge in [0.25, 0.3) is 0 Å². The number of nitrogens with zero attached hydrogens (tertiary/aromatic N) is 2. The van der Waals surface area contributed by atoms with Gasteiger partial charge >= 0.3 is 11.9 Å². The van der Waals surface area contributed by atoms with Crippen molar-refractivity contribution in [3.05, 3.63) is 0 Å². The third-order valence-corrected chi connectivity index (χ3v) is 8.94. The minimum atomic E-state index is -1.11. The molecule has 5 amide bonds. The first kappa shape index (κ1) is 60.2. The van der Waals surface area contributed by atoms with Crippen LogP contribution in [0.1, 0.15) is 51.4 Å². The van der Waals surface area contributed by atoms with Gasteiger partial charge in [0.1, 0.15) is 44.8 Å². The lowest BCUT2D eigenvalue weighted by molar-refractivity contribution is -0.143. The van der Waals surface area contributed by atoms with Crippen LogP contribution < -0.4 is 43.2 Å². The first-order valence-corrected chi connectivity index (χ1v) is 20.9. The highest BCUT2D eigenvalue weighted by Gasteiger charge is 2.30. The van der Waals surface area contributed by atoms with E-state index in [1.807, 2.05) is 0 Å². The van der Waals surface area contributed by atoms with Crippen molar-refractivity contribution >= 4 is 54.0 Å². The zero-order valence-electron chi connectivity index (χ0n) is 37.5. The number of aldehydes is 2. The summed E-state index contributed by atoms with van der Waals surface area (Å²) in [5.74, 6) is -4.19. The molecule has 0 radical (unpaired) electrons. The molecule has 0 bridgehead atoms. The molecule has 2 heterocycles. The molecule has 2 aliphatic heterocycles. The molecule has 2 rings (SSSR count). The number of aliphatic carboxylic acids is 2. The Morgan fingerprint density at radius 3 is 1.45 bits per heavy atom. The Morgan fingerprint density at radius 1 is 0.600 bits per heavy atom. The molecule has 2 saturated heterocycles. The molecule has 0 aliphatic carbocycles. The fraction of sp³-hybridized carbons (Fsp3) is 0.763. The quantitative estimate of drug-likeness (QED) is 0.0164. The van der Waals surface area contributed by atoms with Gasteiger partial charge in [0.15, 0.2) is 0 Å². The third-order valence-electron chi connectivity index (χ3n) is 8.94. The third kappa shape index (κ3) is 31.7. The predicted octanol–water partition coefficient (Wildman–Crippen LogP) is -4.84. The molecule has 65 heavy (non-hydrogen) atoms. The van der Waals surface area contributed by atoms with Crippen molar-refractivity contribution in [2.45, 2.75) is 75.5 Å². The number of amides is 5. The van der Waals surface area contributed by atoms with Crippen molar-refractivity contribution in [2.24, 2.45) is 5.73 Å². The maximum Gasteiger partial charge on any atom is 0.322 e. The second-order valence-corrected chi connectivity index (χ2v) is 13.9. The Balaban J connectivity index is 0.00000119. The van der Waals surface area contributed by atoms with E-state index in [1.54, 1.807) is 17.1 Å². The normalized spacial score (nSPS) is 16.6. The molecule has 0 aromatic heterocycles. The van der Waals surface area contributed by atoms with Gasteiger partial charge in [-0.2, -0.15) is 0 Å². The number of rotatable bonds is 34. The van der Waals surface area contributed by atoms with E-state index < -0.39 is 47.7 Å². The maximum absolute atomic E-state index is 12.8. The van der Waals surface area contributed by atoms with Gasteiger partial charge < -0.3 is 80.5 Å². The van der Waals surface area contributed by atoms with Gasteiger partial charge in [-0.3, -0.25) is 33.6 Å². The molecule has 27 heteroatoms. The fourth-order valence-corrected chi connectivity index (χ4v) is 5.42. The average molecular weight is 939 g/mol. The van der Waals surface area contributed by atoms with E-state index in [2.05, 4.69) is 37.4 Å². The number of hydrogen-bond donors (Lipinski definition) is 10. The number of carbonyl (C=O) groups is 9. The Bertz CT molecular complexity index is 1400. The van der Waals surface area contributed by atoms with Gasteiger partial charge in [0, 0.05) is 47.3 Å². The topological polar surface area (TPSA) is 366 Å². The molecule has 2 aliphatic rings. The lowest BCUT2D eigenvalue weighted by Crippen LogP contribution is -2.55. The van der Waals surface area contributed by atoms with Crippen molar-refractivity contribution in [1.82, 2.24) is 47.5 Å². The standard InChI is InChI=1S/C22H40N6O9.C10H16N2O5.C6H14N2O3/c1-34-8-10-36-15-25-20(31)12-23-19(30)6-5-18(27-28-7-3-4-17(28)14-29)22(33)24-13-21(32)26-16-37-11-9-35-2;13-6-7-2-1-5-12(7)11-8(10(16)17)3-4-9(14)15;1-10-2-3-11-5-8-6(9)4-7/h14,17-18,27H,3-13,15-16H2,1-2H3,(H,23,30)(H,24,33)(H,25,31)(H,26,32);6-8,11H,1-5H2,(H,14,15)(H,16,17);2-5,7H2,1H3,(H,8,9)/t17-,18?;7-,8?;/m00./s1. The Morgan fingerprint density at radius 2 is 1.03 bits per heavy atom. The lowest BCUT2D eigenvalue weighted by atomic mass is 10.1. The van der Waals surface area contributed by atoms with E-state index in [-0.39, 0.29) is 83.5 Å². The number of nitrogens with one attached hydrogen (secondary N) is 7. The van der Waals surface area contributed by atoms with Crippen LogP contribution in [0.25, 0.3) is 0 Å². The summed E-state index contributed by atoms with van der Waals surface area (Å²) in [4.78, 5) is 103. The molecule has 2 unspecified atom stereocenters. The first-order valence-electron chi connectivity index (χ1n) is 20.9. The number of ether oxygens (including phenoxy) is 6. The van der Waals surface area contributed by atoms with E-state index >= 15 is 0 Å². The Kier molecular flexibility index (Phi) is 36.6. The zero-order valence-corrected chi connectivity index (χ0v) is 37.5. The zero-order chi connectivity index (χ0) is 48.7. The highest BCUT2D eigenvalue weighted by Crippen LogP contribution is 2.15.